The highest BCUT2D eigenvalue weighted by Crippen LogP contribution is 2.31. The number of thiophene rings is 1. The molecule has 102 valence electrons. The van der Waals surface area contributed by atoms with Crippen molar-refractivity contribution in [1.29, 1.82) is 0 Å². The van der Waals surface area contributed by atoms with Crippen molar-refractivity contribution in [3.63, 3.8) is 0 Å². The largest absolute Gasteiger partial charge is 0.351 e. The smallest absolute Gasteiger partial charge is 0.224 e. The fourth-order valence-corrected chi connectivity index (χ4v) is 3.20. The predicted molar refractivity (Wildman–Crippen MR) is 85.7 cm³/mol. The van der Waals surface area contributed by atoms with Crippen molar-refractivity contribution in [2.24, 2.45) is 0 Å². The van der Waals surface area contributed by atoms with Crippen molar-refractivity contribution in [1.82, 2.24) is 9.97 Å². The molecule has 0 spiro atoms. The average molecular weight is 304 g/mol. The Labute approximate surface area is 126 Å². The highest BCUT2D eigenvalue weighted by molar-refractivity contribution is 7.10. The molecule has 2 aromatic heterocycles. The van der Waals surface area contributed by atoms with Crippen LogP contribution in [0.5, 0.6) is 0 Å². The number of hydrogen-bond donors (Lipinski definition) is 0. The van der Waals surface area contributed by atoms with Gasteiger partial charge in [-0.3, -0.25) is 0 Å². The Hall–Kier alpha value is -1.65. The first-order valence-corrected chi connectivity index (χ1v) is 7.61. The van der Waals surface area contributed by atoms with E-state index >= 15 is 0 Å². The molecule has 0 N–H and O–H groups in total. The molecule has 0 aliphatic rings. The van der Waals surface area contributed by atoms with E-state index < -0.39 is 0 Å². The SMILES string of the molecule is CC(c1cccs1)N(C)c1nc(Cl)nc2ccccc12. The van der Waals surface area contributed by atoms with Crippen LogP contribution in [-0.2, 0) is 0 Å². The van der Waals surface area contributed by atoms with E-state index in [4.69, 9.17) is 11.6 Å². The van der Waals surface area contributed by atoms with Gasteiger partial charge in [0.05, 0.1) is 11.6 Å². The molecule has 20 heavy (non-hydrogen) atoms. The summed E-state index contributed by atoms with van der Waals surface area (Å²) in [4.78, 5) is 12.1. The van der Waals surface area contributed by atoms with Gasteiger partial charge in [0.15, 0.2) is 0 Å². The van der Waals surface area contributed by atoms with Gasteiger partial charge in [-0.2, -0.15) is 4.98 Å². The van der Waals surface area contributed by atoms with E-state index in [0.29, 0.717) is 0 Å². The van der Waals surface area contributed by atoms with Crippen molar-refractivity contribution in [2.75, 3.05) is 11.9 Å². The summed E-state index contributed by atoms with van der Waals surface area (Å²) in [5.74, 6) is 0.863. The van der Waals surface area contributed by atoms with Crippen LogP contribution in [-0.4, -0.2) is 17.0 Å². The van der Waals surface area contributed by atoms with Crippen LogP contribution in [0, 0.1) is 0 Å². The Morgan fingerprint density at radius 1 is 1.15 bits per heavy atom. The van der Waals surface area contributed by atoms with E-state index in [1.807, 2.05) is 31.3 Å². The van der Waals surface area contributed by atoms with Gasteiger partial charge in [0, 0.05) is 17.3 Å². The van der Waals surface area contributed by atoms with Crippen LogP contribution in [0.15, 0.2) is 41.8 Å². The van der Waals surface area contributed by atoms with Gasteiger partial charge in [0.1, 0.15) is 5.82 Å². The van der Waals surface area contributed by atoms with E-state index in [2.05, 4.69) is 39.3 Å². The molecule has 0 aliphatic heterocycles. The van der Waals surface area contributed by atoms with E-state index in [-0.39, 0.29) is 11.3 Å². The van der Waals surface area contributed by atoms with Crippen LogP contribution in [0.25, 0.3) is 10.9 Å². The van der Waals surface area contributed by atoms with Crippen molar-refractivity contribution in [2.45, 2.75) is 13.0 Å². The number of hydrogen-bond acceptors (Lipinski definition) is 4. The maximum atomic E-state index is 6.05. The molecule has 1 aromatic carbocycles. The summed E-state index contributed by atoms with van der Waals surface area (Å²) in [7, 11) is 2.04. The average Bonchev–Trinajstić information content (AvgIpc) is 2.99. The van der Waals surface area contributed by atoms with Crippen molar-refractivity contribution >= 4 is 39.7 Å². The summed E-state index contributed by atoms with van der Waals surface area (Å²) >= 11 is 7.80. The molecule has 3 aromatic rings. The zero-order chi connectivity index (χ0) is 14.1. The number of benzene rings is 1. The summed E-state index contributed by atoms with van der Waals surface area (Å²) in [5, 5.41) is 3.39. The summed E-state index contributed by atoms with van der Waals surface area (Å²) < 4.78 is 0. The van der Waals surface area contributed by atoms with E-state index in [9.17, 15) is 0 Å². The van der Waals surface area contributed by atoms with Crippen LogP contribution in [0.3, 0.4) is 0 Å². The third kappa shape index (κ3) is 2.37. The second-order valence-corrected chi connectivity index (χ2v) is 5.95. The fraction of sp³-hybridized carbons (Fsp3) is 0.200. The topological polar surface area (TPSA) is 29.0 Å². The first-order chi connectivity index (χ1) is 9.66. The number of halogens is 1. The number of rotatable bonds is 3. The van der Waals surface area contributed by atoms with Gasteiger partial charge in [-0.15, -0.1) is 11.3 Å². The lowest BCUT2D eigenvalue weighted by molar-refractivity contribution is 0.744. The minimum atomic E-state index is 0.240. The molecule has 0 aliphatic carbocycles. The Kier molecular flexibility index (Phi) is 3.59. The third-order valence-electron chi connectivity index (χ3n) is 3.43. The normalized spacial score (nSPS) is 12.6. The number of fused-ring (bicyclic) bond motifs is 1. The van der Waals surface area contributed by atoms with Crippen LogP contribution in [0.4, 0.5) is 5.82 Å². The predicted octanol–water partition coefficient (Wildman–Crippen LogP) is 4.54. The number of aromatic nitrogens is 2. The standard InChI is InChI=1S/C15H14ClN3S/c1-10(13-8-5-9-20-13)19(2)14-11-6-3-4-7-12(11)17-15(16)18-14/h3-10H,1-2H3. The first-order valence-electron chi connectivity index (χ1n) is 6.35. The highest BCUT2D eigenvalue weighted by atomic mass is 35.5. The summed E-state index contributed by atoms with van der Waals surface area (Å²) in [5.41, 5.74) is 0.868. The Balaban J connectivity index is 2.09. The summed E-state index contributed by atoms with van der Waals surface area (Å²) in [6.45, 7) is 2.16. The lowest BCUT2D eigenvalue weighted by atomic mass is 10.2. The van der Waals surface area contributed by atoms with Crippen molar-refractivity contribution in [3.8, 4) is 0 Å². The second kappa shape index (κ2) is 5.38. The van der Waals surface area contributed by atoms with Gasteiger partial charge in [0.25, 0.3) is 0 Å². The second-order valence-electron chi connectivity index (χ2n) is 4.64. The minimum Gasteiger partial charge on any atom is -0.351 e. The molecule has 1 unspecified atom stereocenters. The maximum Gasteiger partial charge on any atom is 0.224 e. The van der Waals surface area contributed by atoms with Gasteiger partial charge < -0.3 is 4.90 Å². The molecule has 5 heteroatoms. The lowest BCUT2D eigenvalue weighted by Gasteiger charge is -2.26. The molecule has 2 heterocycles. The quantitative estimate of drug-likeness (QED) is 0.665. The molecule has 0 bridgehead atoms. The molecule has 0 radical (unpaired) electrons. The zero-order valence-corrected chi connectivity index (χ0v) is 12.8. The first kappa shape index (κ1) is 13.3. The lowest BCUT2D eigenvalue weighted by Crippen LogP contribution is -2.22. The van der Waals surface area contributed by atoms with Gasteiger partial charge >= 0.3 is 0 Å². The molecule has 1 atom stereocenters. The van der Waals surface area contributed by atoms with Crippen molar-refractivity contribution < 1.29 is 0 Å². The van der Waals surface area contributed by atoms with Gasteiger partial charge in [0.2, 0.25) is 5.28 Å². The van der Waals surface area contributed by atoms with Crippen LogP contribution in [0.1, 0.15) is 17.8 Å². The number of para-hydroxylation sites is 1. The van der Waals surface area contributed by atoms with Gasteiger partial charge in [-0.25, -0.2) is 4.98 Å². The Morgan fingerprint density at radius 2 is 1.95 bits per heavy atom. The summed E-state index contributed by atoms with van der Waals surface area (Å²) in [6, 6.07) is 12.4. The van der Waals surface area contributed by atoms with E-state index in [1.54, 1.807) is 11.3 Å². The Bertz CT molecular complexity index is 727. The molecular weight excluding hydrogens is 290 g/mol. The zero-order valence-electron chi connectivity index (χ0n) is 11.2. The van der Waals surface area contributed by atoms with E-state index in [0.717, 1.165) is 16.7 Å². The van der Waals surface area contributed by atoms with E-state index in [1.165, 1.54) is 4.88 Å². The van der Waals surface area contributed by atoms with Crippen LogP contribution < -0.4 is 4.90 Å². The molecule has 0 fully saturated rings. The van der Waals surface area contributed by atoms with Crippen LogP contribution in [0.2, 0.25) is 5.28 Å². The molecule has 0 saturated carbocycles. The molecule has 0 saturated heterocycles. The summed E-state index contributed by atoms with van der Waals surface area (Å²) in [6.07, 6.45) is 0. The number of anilines is 1. The molecule has 3 rings (SSSR count). The molecular formula is C15H14ClN3S. The maximum absolute atomic E-state index is 6.05. The monoisotopic (exact) mass is 303 g/mol. The van der Waals surface area contributed by atoms with Gasteiger partial charge in [-0.05, 0) is 42.1 Å². The highest BCUT2D eigenvalue weighted by Gasteiger charge is 2.17. The van der Waals surface area contributed by atoms with Gasteiger partial charge in [-0.1, -0.05) is 18.2 Å². The minimum absolute atomic E-state index is 0.240. The molecule has 3 nitrogen and oxygen atoms in total. The Morgan fingerprint density at radius 3 is 2.70 bits per heavy atom. The van der Waals surface area contributed by atoms with Crippen molar-refractivity contribution in [3.05, 3.63) is 51.9 Å². The number of nitrogens with zero attached hydrogens (tertiary/aromatic N) is 3. The molecule has 0 amide bonds. The third-order valence-corrected chi connectivity index (χ3v) is 4.64. The fourth-order valence-electron chi connectivity index (χ4n) is 2.20. The van der Waals surface area contributed by atoms with Crippen LogP contribution >= 0.6 is 22.9 Å².